The van der Waals surface area contributed by atoms with Crippen molar-refractivity contribution in [1.82, 2.24) is 0 Å². The quantitative estimate of drug-likeness (QED) is 0.424. The first-order chi connectivity index (χ1) is 4.63. The van der Waals surface area contributed by atoms with Crippen LogP contribution in [0.1, 0.15) is 6.92 Å². The molecule has 0 aliphatic rings. The summed E-state index contributed by atoms with van der Waals surface area (Å²) in [5.74, 6) is -0.813. The highest BCUT2D eigenvalue weighted by Crippen LogP contribution is 2.24. The summed E-state index contributed by atoms with van der Waals surface area (Å²) in [6, 6.07) is 0. The van der Waals surface area contributed by atoms with Crippen LogP contribution in [0.2, 0.25) is 5.54 Å². The molecular weight excluding hydrogens is 148 g/mol. The van der Waals surface area contributed by atoms with E-state index in [-0.39, 0.29) is 0 Å². The van der Waals surface area contributed by atoms with Gasteiger partial charge >= 0.3 is 0 Å². The third-order valence-electron chi connectivity index (χ3n) is 1.56. The van der Waals surface area contributed by atoms with Crippen LogP contribution in [-0.2, 0) is 14.2 Å². The molecule has 0 fully saturated rings. The lowest BCUT2D eigenvalue weighted by atomic mass is 10.4. The van der Waals surface area contributed by atoms with Gasteiger partial charge in [-0.25, -0.2) is 0 Å². The van der Waals surface area contributed by atoms with Gasteiger partial charge in [-0.05, 0) is 0 Å². The van der Waals surface area contributed by atoms with Crippen LogP contribution in [0.3, 0.4) is 0 Å². The van der Waals surface area contributed by atoms with Gasteiger partial charge in [-0.1, -0.05) is 6.92 Å². The molecule has 3 nitrogen and oxygen atoms in total. The van der Waals surface area contributed by atoms with Crippen molar-refractivity contribution in [2.45, 2.75) is 18.4 Å². The lowest BCUT2D eigenvalue weighted by Gasteiger charge is -2.32. The van der Waals surface area contributed by atoms with E-state index in [0.29, 0.717) is 5.54 Å². The van der Waals surface area contributed by atoms with Crippen LogP contribution in [0.5, 0.6) is 0 Å². The minimum atomic E-state index is -0.813. The Kier molecular flexibility index (Phi) is 4.11. The summed E-state index contributed by atoms with van der Waals surface area (Å²) < 4.78 is 15.3. The highest BCUT2D eigenvalue weighted by atomic mass is 28.1. The van der Waals surface area contributed by atoms with Crippen molar-refractivity contribution in [2.75, 3.05) is 21.3 Å². The first kappa shape index (κ1) is 10.1. The lowest BCUT2D eigenvalue weighted by molar-refractivity contribution is -0.351. The second kappa shape index (κ2) is 4.08. The molecule has 0 bridgehead atoms. The summed E-state index contributed by atoms with van der Waals surface area (Å²) in [6.45, 7) is 2.03. The smallest absolute Gasteiger partial charge is 0.281 e. The van der Waals surface area contributed by atoms with Gasteiger partial charge in [-0.2, -0.15) is 0 Å². The number of hydrogen-bond donors (Lipinski definition) is 0. The molecule has 0 aromatic rings. The van der Waals surface area contributed by atoms with Crippen molar-refractivity contribution in [3.8, 4) is 0 Å². The molecule has 0 aliphatic heterocycles. The maximum Gasteiger partial charge on any atom is 0.281 e. The van der Waals surface area contributed by atoms with E-state index in [1.807, 2.05) is 6.92 Å². The first-order valence-electron chi connectivity index (χ1n) is 3.28. The Labute approximate surface area is 65.1 Å². The Hall–Kier alpha value is 0.0969. The molecule has 4 heteroatoms. The topological polar surface area (TPSA) is 27.7 Å². The van der Waals surface area contributed by atoms with Gasteiger partial charge in [0.2, 0.25) is 0 Å². The van der Waals surface area contributed by atoms with E-state index < -0.39 is 5.97 Å². The zero-order valence-electron chi connectivity index (χ0n) is 7.30. The second-order valence-corrected chi connectivity index (χ2v) is 4.10. The van der Waals surface area contributed by atoms with Gasteiger partial charge in [-0.3, -0.25) is 0 Å². The highest BCUT2D eigenvalue weighted by molar-refractivity contribution is 6.11. The molecule has 0 unspecified atom stereocenters. The molecule has 10 heavy (non-hydrogen) atoms. The van der Waals surface area contributed by atoms with Crippen molar-refractivity contribution < 1.29 is 14.2 Å². The average molecular weight is 164 g/mol. The van der Waals surface area contributed by atoms with Gasteiger partial charge in [0, 0.05) is 37.1 Å². The Bertz CT molecular complexity index is 82.7. The van der Waals surface area contributed by atoms with Gasteiger partial charge in [-0.15, -0.1) is 0 Å². The summed E-state index contributed by atoms with van der Waals surface area (Å²) in [4.78, 5) is 0. The maximum absolute atomic E-state index is 5.09. The van der Waals surface area contributed by atoms with Crippen molar-refractivity contribution in [1.29, 1.82) is 0 Å². The van der Waals surface area contributed by atoms with Gasteiger partial charge in [0.05, 0.1) is 0 Å². The minimum Gasteiger partial charge on any atom is -0.331 e. The largest absolute Gasteiger partial charge is 0.331 e. The Morgan fingerprint density at radius 1 is 1.10 bits per heavy atom. The predicted octanol–water partition coefficient (Wildman–Crippen LogP) is -0.247. The fourth-order valence-corrected chi connectivity index (χ4v) is 1.66. The molecule has 0 aromatic heterocycles. The van der Waals surface area contributed by atoms with Gasteiger partial charge < -0.3 is 14.2 Å². The van der Waals surface area contributed by atoms with Gasteiger partial charge in [0.1, 0.15) is 0 Å². The molecule has 62 valence electrons. The lowest BCUT2D eigenvalue weighted by Crippen LogP contribution is -2.39. The molecule has 0 N–H and O–H groups in total. The average Bonchev–Trinajstić information content (AvgIpc) is 1.92. The monoisotopic (exact) mass is 164 g/mol. The van der Waals surface area contributed by atoms with E-state index in [1.165, 1.54) is 0 Å². The Morgan fingerprint density at radius 3 is 1.40 bits per heavy atom. The van der Waals surface area contributed by atoms with Crippen LogP contribution >= 0.6 is 0 Å². The van der Waals surface area contributed by atoms with Crippen LogP contribution < -0.4 is 0 Å². The van der Waals surface area contributed by atoms with E-state index in [4.69, 9.17) is 14.2 Å². The normalized spacial score (nSPS) is 15.6. The van der Waals surface area contributed by atoms with E-state index in [1.54, 1.807) is 21.3 Å². The molecule has 0 radical (unpaired) electrons. The molecule has 0 heterocycles. The van der Waals surface area contributed by atoms with Crippen LogP contribution in [0, 0.1) is 0 Å². The SMILES string of the molecule is COC(OC)(OC)[C@@H](C)[SiH3]. The second-order valence-electron chi connectivity index (χ2n) is 2.37. The van der Waals surface area contributed by atoms with Gasteiger partial charge in [0.15, 0.2) is 0 Å². The molecule has 0 saturated heterocycles. The molecule has 0 rings (SSSR count). The number of methoxy groups -OCH3 is 3. The molecule has 0 aliphatic carbocycles. The van der Waals surface area contributed by atoms with Crippen LogP contribution in [0.4, 0.5) is 0 Å². The van der Waals surface area contributed by atoms with Crippen molar-refractivity contribution in [2.24, 2.45) is 0 Å². The molecule has 0 aromatic carbocycles. The third-order valence-corrected chi connectivity index (χ3v) is 2.27. The summed E-state index contributed by atoms with van der Waals surface area (Å²) >= 11 is 0. The van der Waals surface area contributed by atoms with E-state index in [2.05, 4.69) is 0 Å². The first-order valence-corrected chi connectivity index (χ1v) is 4.44. The fraction of sp³-hybridized carbons (Fsp3) is 1.00. The number of hydrogen-bond acceptors (Lipinski definition) is 3. The van der Waals surface area contributed by atoms with Crippen LogP contribution in [0.15, 0.2) is 0 Å². The standard InChI is InChI=1S/C6H16O3Si/c1-5(10)6(7-2,8-3)9-4/h5H,1-4,10H3/t5-/m1/s1. The third kappa shape index (κ3) is 1.79. The van der Waals surface area contributed by atoms with Crippen LogP contribution in [0.25, 0.3) is 0 Å². The summed E-state index contributed by atoms with van der Waals surface area (Å²) in [5, 5.41) is 0. The zero-order valence-corrected chi connectivity index (χ0v) is 9.30. The molecule has 0 saturated carbocycles. The molecule has 0 amide bonds. The highest BCUT2D eigenvalue weighted by Gasteiger charge is 2.33. The summed E-state index contributed by atoms with van der Waals surface area (Å²) in [7, 11) is 5.73. The van der Waals surface area contributed by atoms with Crippen LogP contribution in [-0.4, -0.2) is 37.5 Å². The predicted molar refractivity (Wildman–Crippen MR) is 43.1 cm³/mol. The van der Waals surface area contributed by atoms with E-state index in [0.717, 1.165) is 10.2 Å². The maximum atomic E-state index is 5.09. The number of ether oxygens (including phenoxy) is 3. The van der Waals surface area contributed by atoms with Crippen molar-refractivity contribution >= 4 is 10.2 Å². The molecular formula is C6H16O3Si. The minimum absolute atomic E-state index is 0.312. The Balaban J connectivity index is 4.15. The summed E-state index contributed by atoms with van der Waals surface area (Å²) in [6.07, 6.45) is 0. The van der Waals surface area contributed by atoms with Crippen molar-refractivity contribution in [3.63, 3.8) is 0 Å². The fourth-order valence-electron chi connectivity index (χ4n) is 0.957. The zero-order chi connectivity index (χ0) is 8.20. The molecule has 0 spiro atoms. The Morgan fingerprint density at radius 2 is 1.40 bits per heavy atom. The molecule has 1 atom stereocenters. The van der Waals surface area contributed by atoms with Gasteiger partial charge in [0.25, 0.3) is 5.97 Å². The van der Waals surface area contributed by atoms with E-state index in [9.17, 15) is 0 Å². The summed E-state index contributed by atoms with van der Waals surface area (Å²) in [5.41, 5.74) is 0.312. The van der Waals surface area contributed by atoms with Crippen molar-refractivity contribution in [3.05, 3.63) is 0 Å². The number of rotatable bonds is 4. The van der Waals surface area contributed by atoms with E-state index >= 15 is 0 Å².